The van der Waals surface area contributed by atoms with Crippen LogP contribution in [0.15, 0.2) is 54.6 Å². The van der Waals surface area contributed by atoms with Gasteiger partial charge < -0.3 is 15.0 Å². The van der Waals surface area contributed by atoms with Crippen LogP contribution in [0.1, 0.15) is 18.9 Å². The van der Waals surface area contributed by atoms with E-state index in [2.05, 4.69) is 5.32 Å². The first kappa shape index (κ1) is 19.8. The predicted molar refractivity (Wildman–Crippen MR) is 102 cm³/mol. The van der Waals surface area contributed by atoms with Gasteiger partial charge >= 0.3 is 0 Å². The first-order chi connectivity index (χ1) is 12.6. The number of halogens is 1. The Labute approximate surface area is 158 Å². The van der Waals surface area contributed by atoms with E-state index in [4.69, 9.17) is 16.3 Å². The molecule has 0 aromatic heterocycles. The smallest absolute Gasteiger partial charge is 0.261 e. The van der Waals surface area contributed by atoms with Gasteiger partial charge in [0.2, 0.25) is 5.91 Å². The first-order valence-electron chi connectivity index (χ1n) is 8.49. The van der Waals surface area contributed by atoms with Crippen molar-refractivity contribution in [3.63, 3.8) is 0 Å². The van der Waals surface area contributed by atoms with Crippen LogP contribution in [0.25, 0.3) is 0 Å². The van der Waals surface area contributed by atoms with E-state index in [1.165, 1.54) is 4.90 Å². The van der Waals surface area contributed by atoms with Crippen molar-refractivity contribution < 1.29 is 14.3 Å². The van der Waals surface area contributed by atoms with Crippen molar-refractivity contribution in [1.29, 1.82) is 0 Å². The molecule has 0 fully saturated rings. The number of nitrogens with zero attached hydrogens (tertiary/aromatic N) is 1. The Morgan fingerprint density at radius 2 is 1.77 bits per heavy atom. The molecule has 2 aromatic rings. The molecule has 1 N–H and O–H groups in total. The molecule has 0 saturated heterocycles. The van der Waals surface area contributed by atoms with Crippen LogP contribution in [0.3, 0.4) is 0 Å². The maximum Gasteiger partial charge on any atom is 0.261 e. The molecule has 6 heteroatoms. The third-order valence-corrected chi connectivity index (χ3v) is 4.41. The van der Waals surface area contributed by atoms with Crippen molar-refractivity contribution in [3.05, 3.63) is 65.2 Å². The van der Waals surface area contributed by atoms with E-state index in [0.29, 0.717) is 17.2 Å². The third kappa shape index (κ3) is 5.23. The monoisotopic (exact) mass is 374 g/mol. The predicted octanol–water partition coefficient (Wildman–Crippen LogP) is 3.27. The number of nitrogens with one attached hydrogen (secondary N) is 1. The maximum atomic E-state index is 12.8. The summed E-state index contributed by atoms with van der Waals surface area (Å²) in [6.45, 7) is 1.95. The van der Waals surface area contributed by atoms with Gasteiger partial charge in [-0.2, -0.15) is 0 Å². The Kier molecular flexibility index (Phi) is 7.48. The molecule has 2 aromatic carbocycles. The van der Waals surface area contributed by atoms with Crippen LogP contribution in [0.4, 0.5) is 0 Å². The van der Waals surface area contributed by atoms with Gasteiger partial charge in [0.25, 0.3) is 5.91 Å². The normalized spacial score (nSPS) is 11.5. The van der Waals surface area contributed by atoms with E-state index in [0.717, 1.165) is 5.56 Å². The Bertz CT molecular complexity index is 737. The molecule has 0 saturated carbocycles. The molecular weight excluding hydrogens is 352 g/mol. The molecule has 0 bridgehead atoms. The minimum atomic E-state index is -0.594. The van der Waals surface area contributed by atoms with E-state index in [9.17, 15) is 9.59 Å². The molecule has 0 heterocycles. The summed E-state index contributed by atoms with van der Waals surface area (Å²) in [4.78, 5) is 26.6. The highest BCUT2D eigenvalue weighted by atomic mass is 35.5. The highest BCUT2D eigenvalue weighted by Gasteiger charge is 2.28. The van der Waals surface area contributed by atoms with Crippen molar-refractivity contribution in [3.8, 4) is 5.75 Å². The summed E-state index contributed by atoms with van der Waals surface area (Å²) in [5, 5.41) is 3.18. The number of amides is 2. The topological polar surface area (TPSA) is 58.6 Å². The van der Waals surface area contributed by atoms with Crippen molar-refractivity contribution in [2.45, 2.75) is 25.9 Å². The molecule has 5 nitrogen and oxygen atoms in total. The fourth-order valence-electron chi connectivity index (χ4n) is 2.64. The van der Waals surface area contributed by atoms with E-state index in [1.807, 2.05) is 43.3 Å². The summed E-state index contributed by atoms with van der Waals surface area (Å²) in [5.41, 5.74) is 0.782. The lowest BCUT2D eigenvalue weighted by Crippen LogP contribution is -2.49. The number of rotatable bonds is 8. The molecule has 26 heavy (non-hydrogen) atoms. The average molecular weight is 375 g/mol. The molecule has 0 radical (unpaired) electrons. The highest BCUT2D eigenvalue weighted by Crippen LogP contribution is 2.20. The van der Waals surface area contributed by atoms with Crippen LogP contribution in [-0.4, -0.2) is 36.4 Å². The van der Waals surface area contributed by atoms with Gasteiger partial charge in [-0.05, 0) is 30.2 Å². The van der Waals surface area contributed by atoms with Gasteiger partial charge in [0.1, 0.15) is 11.8 Å². The molecule has 0 spiro atoms. The quantitative estimate of drug-likeness (QED) is 0.771. The van der Waals surface area contributed by atoms with E-state index in [1.54, 1.807) is 25.2 Å². The van der Waals surface area contributed by atoms with E-state index < -0.39 is 6.04 Å². The fraction of sp³-hybridized carbons (Fsp3) is 0.300. The number of carbonyl (C=O) groups is 2. The van der Waals surface area contributed by atoms with Gasteiger partial charge in [-0.1, -0.05) is 54.9 Å². The molecular formula is C20H23ClN2O3. The second kappa shape index (κ2) is 9.82. The summed E-state index contributed by atoms with van der Waals surface area (Å²) >= 11 is 6.24. The Morgan fingerprint density at radius 3 is 2.38 bits per heavy atom. The number of para-hydroxylation sites is 1. The van der Waals surface area contributed by atoms with Crippen LogP contribution < -0.4 is 10.1 Å². The van der Waals surface area contributed by atoms with Gasteiger partial charge in [0.05, 0.1) is 0 Å². The lowest BCUT2D eigenvalue weighted by molar-refractivity contribution is -0.142. The van der Waals surface area contributed by atoms with E-state index >= 15 is 0 Å². The van der Waals surface area contributed by atoms with Gasteiger partial charge in [-0.25, -0.2) is 0 Å². The molecule has 0 aliphatic heterocycles. The summed E-state index contributed by atoms with van der Waals surface area (Å²) in [7, 11) is 1.56. The zero-order valence-corrected chi connectivity index (χ0v) is 15.7. The summed E-state index contributed by atoms with van der Waals surface area (Å²) < 4.78 is 5.57. The summed E-state index contributed by atoms with van der Waals surface area (Å²) in [6, 6.07) is 15.8. The molecule has 0 unspecified atom stereocenters. The lowest BCUT2D eigenvalue weighted by atomic mass is 10.1. The fourth-order valence-corrected chi connectivity index (χ4v) is 2.84. The minimum absolute atomic E-state index is 0.151. The molecule has 1 atom stereocenters. The Balaban J connectivity index is 2.19. The van der Waals surface area contributed by atoms with Crippen LogP contribution in [-0.2, 0) is 16.1 Å². The molecule has 2 amide bonds. The van der Waals surface area contributed by atoms with Gasteiger partial charge in [0.15, 0.2) is 6.61 Å². The SMILES string of the molecule is CC[C@H](C(=O)NC)N(Cc1ccccc1Cl)C(=O)COc1ccccc1. The van der Waals surface area contributed by atoms with Crippen LogP contribution >= 0.6 is 11.6 Å². The van der Waals surface area contributed by atoms with E-state index in [-0.39, 0.29) is 25.0 Å². The van der Waals surface area contributed by atoms with Crippen LogP contribution in [0, 0.1) is 0 Å². The van der Waals surface area contributed by atoms with Crippen molar-refractivity contribution >= 4 is 23.4 Å². The number of benzene rings is 2. The van der Waals surface area contributed by atoms with Gasteiger partial charge in [0, 0.05) is 18.6 Å². The van der Waals surface area contributed by atoms with Gasteiger partial charge in [-0.3, -0.25) is 9.59 Å². The van der Waals surface area contributed by atoms with Crippen molar-refractivity contribution in [2.24, 2.45) is 0 Å². The van der Waals surface area contributed by atoms with Crippen molar-refractivity contribution in [2.75, 3.05) is 13.7 Å². The minimum Gasteiger partial charge on any atom is -0.484 e. The van der Waals surface area contributed by atoms with Crippen LogP contribution in [0.2, 0.25) is 5.02 Å². The maximum absolute atomic E-state index is 12.8. The number of carbonyl (C=O) groups excluding carboxylic acids is 2. The Morgan fingerprint density at radius 1 is 1.12 bits per heavy atom. The van der Waals surface area contributed by atoms with Crippen LogP contribution in [0.5, 0.6) is 5.75 Å². The lowest BCUT2D eigenvalue weighted by Gasteiger charge is -2.30. The third-order valence-electron chi connectivity index (χ3n) is 4.04. The molecule has 0 aliphatic rings. The standard InChI is InChI=1S/C20H23ClN2O3/c1-3-18(20(25)22-2)23(13-15-9-7-8-12-17(15)21)19(24)14-26-16-10-5-4-6-11-16/h4-12,18H,3,13-14H2,1-2H3,(H,22,25)/t18-/m1/s1. The zero-order valence-electron chi connectivity index (χ0n) is 14.9. The largest absolute Gasteiger partial charge is 0.484 e. The number of ether oxygens (including phenoxy) is 1. The molecule has 2 rings (SSSR count). The summed E-state index contributed by atoms with van der Waals surface area (Å²) in [6.07, 6.45) is 0.487. The van der Waals surface area contributed by atoms with Crippen molar-refractivity contribution in [1.82, 2.24) is 10.2 Å². The molecule has 0 aliphatic carbocycles. The second-order valence-corrected chi connectivity index (χ2v) is 6.16. The highest BCUT2D eigenvalue weighted by molar-refractivity contribution is 6.31. The first-order valence-corrected chi connectivity index (χ1v) is 8.87. The number of hydrogen-bond donors (Lipinski definition) is 1. The Hall–Kier alpha value is -2.53. The number of hydrogen-bond acceptors (Lipinski definition) is 3. The molecule has 138 valence electrons. The van der Waals surface area contributed by atoms with Gasteiger partial charge in [-0.15, -0.1) is 0 Å². The number of likely N-dealkylation sites (N-methyl/N-ethyl adjacent to an activating group) is 1. The summed E-state index contributed by atoms with van der Waals surface area (Å²) in [5.74, 6) is 0.114. The second-order valence-electron chi connectivity index (χ2n) is 5.75. The zero-order chi connectivity index (χ0) is 18.9. The average Bonchev–Trinajstić information content (AvgIpc) is 2.67.